The Labute approximate surface area is 123 Å². The molecule has 0 N–H and O–H groups in total. The zero-order valence-corrected chi connectivity index (χ0v) is 12.2. The van der Waals surface area contributed by atoms with Crippen LogP contribution in [-0.4, -0.2) is 34.2 Å². The van der Waals surface area contributed by atoms with Crippen molar-refractivity contribution in [1.82, 2.24) is 14.7 Å². The van der Waals surface area contributed by atoms with Gasteiger partial charge in [0.2, 0.25) is 5.91 Å². The molecule has 0 unspecified atom stereocenters. The van der Waals surface area contributed by atoms with E-state index in [4.69, 9.17) is 9.15 Å². The Bertz CT molecular complexity index is 605. The Morgan fingerprint density at radius 1 is 1.52 bits per heavy atom. The van der Waals surface area contributed by atoms with E-state index in [1.807, 2.05) is 25.2 Å². The monoisotopic (exact) mass is 289 g/mol. The molecule has 3 rings (SSSR count). The highest BCUT2D eigenvalue weighted by atomic mass is 16.5. The number of furan rings is 1. The van der Waals surface area contributed by atoms with Crippen molar-refractivity contribution in [3.63, 3.8) is 0 Å². The van der Waals surface area contributed by atoms with Gasteiger partial charge in [-0.15, -0.1) is 0 Å². The molecule has 1 fully saturated rings. The van der Waals surface area contributed by atoms with Crippen LogP contribution in [0.4, 0.5) is 0 Å². The number of aryl methyl sites for hydroxylation is 1. The molecule has 112 valence electrons. The zero-order valence-electron chi connectivity index (χ0n) is 12.2. The van der Waals surface area contributed by atoms with Crippen LogP contribution < -0.4 is 0 Å². The van der Waals surface area contributed by atoms with Crippen molar-refractivity contribution in [2.75, 3.05) is 13.7 Å². The van der Waals surface area contributed by atoms with Gasteiger partial charge in [-0.05, 0) is 24.6 Å². The molecular weight excluding hydrogens is 270 g/mol. The Kier molecular flexibility index (Phi) is 3.79. The fourth-order valence-corrected chi connectivity index (χ4v) is 2.79. The molecule has 1 aliphatic rings. The Hall–Kier alpha value is -2.08. The summed E-state index contributed by atoms with van der Waals surface area (Å²) >= 11 is 0. The third-order valence-corrected chi connectivity index (χ3v) is 3.91. The first-order chi connectivity index (χ1) is 10.2. The van der Waals surface area contributed by atoms with Gasteiger partial charge in [-0.25, -0.2) is 0 Å². The second-order valence-corrected chi connectivity index (χ2v) is 5.34. The number of carbonyl (C=O) groups excluding carboxylic acids is 1. The minimum atomic E-state index is -0.218. The Morgan fingerprint density at radius 3 is 3.05 bits per heavy atom. The van der Waals surface area contributed by atoms with Gasteiger partial charge in [0, 0.05) is 26.9 Å². The molecule has 0 radical (unpaired) electrons. The van der Waals surface area contributed by atoms with Crippen molar-refractivity contribution in [2.24, 2.45) is 13.0 Å². The summed E-state index contributed by atoms with van der Waals surface area (Å²) in [4.78, 5) is 14.4. The summed E-state index contributed by atoms with van der Waals surface area (Å²) < 4.78 is 12.8. The summed E-state index contributed by atoms with van der Waals surface area (Å²) in [5, 5.41) is 4.16. The average Bonchev–Trinajstić information content (AvgIpc) is 3.18. The van der Waals surface area contributed by atoms with Gasteiger partial charge in [-0.3, -0.25) is 9.48 Å². The van der Waals surface area contributed by atoms with E-state index in [0.717, 1.165) is 17.9 Å². The molecule has 1 aliphatic heterocycles. The highest BCUT2D eigenvalue weighted by Gasteiger charge is 2.38. The third-order valence-electron chi connectivity index (χ3n) is 3.91. The minimum Gasteiger partial charge on any atom is -0.467 e. The lowest BCUT2D eigenvalue weighted by Crippen LogP contribution is -2.34. The predicted octanol–water partition coefficient (Wildman–Crippen LogP) is 1.75. The number of carbonyl (C=O) groups is 1. The number of hydrogen-bond donors (Lipinski definition) is 0. The van der Waals surface area contributed by atoms with Crippen molar-refractivity contribution >= 4 is 5.91 Å². The van der Waals surface area contributed by atoms with Crippen LogP contribution in [0.5, 0.6) is 0 Å². The smallest absolute Gasteiger partial charge is 0.228 e. The number of hydrogen-bond acceptors (Lipinski definition) is 4. The zero-order chi connectivity index (χ0) is 14.8. The maximum absolute atomic E-state index is 12.7. The fourth-order valence-electron chi connectivity index (χ4n) is 2.79. The van der Waals surface area contributed by atoms with E-state index in [0.29, 0.717) is 13.2 Å². The third kappa shape index (κ3) is 2.71. The molecule has 0 spiro atoms. The van der Waals surface area contributed by atoms with Gasteiger partial charge >= 0.3 is 0 Å². The van der Waals surface area contributed by atoms with Crippen LogP contribution in [-0.2, 0) is 23.1 Å². The molecule has 3 heterocycles. The lowest BCUT2D eigenvalue weighted by atomic mass is 9.97. The van der Waals surface area contributed by atoms with Crippen LogP contribution in [0.3, 0.4) is 0 Å². The quantitative estimate of drug-likeness (QED) is 0.860. The molecule has 0 bridgehead atoms. The number of nitrogens with zero attached hydrogens (tertiary/aromatic N) is 3. The van der Waals surface area contributed by atoms with Crippen LogP contribution in [0, 0.1) is 5.92 Å². The molecule has 0 aromatic carbocycles. The number of rotatable bonds is 4. The van der Waals surface area contributed by atoms with Crippen molar-refractivity contribution in [2.45, 2.75) is 19.1 Å². The normalized spacial score (nSPS) is 21.6. The second kappa shape index (κ2) is 5.73. The predicted molar refractivity (Wildman–Crippen MR) is 75.2 cm³/mol. The van der Waals surface area contributed by atoms with Gasteiger partial charge < -0.3 is 14.1 Å². The van der Waals surface area contributed by atoms with Gasteiger partial charge in [0.05, 0.1) is 24.4 Å². The van der Waals surface area contributed by atoms with Crippen molar-refractivity contribution in [1.29, 1.82) is 0 Å². The van der Waals surface area contributed by atoms with Crippen molar-refractivity contribution in [3.05, 3.63) is 42.1 Å². The van der Waals surface area contributed by atoms with E-state index in [1.165, 1.54) is 0 Å². The highest BCUT2D eigenvalue weighted by molar-refractivity contribution is 5.79. The molecule has 0 saturated carbocycles. The number of ether oxygens (including phenoxy) is 1. The van der Waals surface area contributed by atoms with Gasteiger partial charge in [0.1, 0.15) is 11.9 Å². The molecule has 2 atom stereocenters. The van der Waals surface area contributed by atoms with E-state index in [9.17, 15) is 4.79 Å². The van der Waals surface area contributed by atoms with Crippen LogP contribution in [0.2, 0.25) is 0 Å². The van der Waals surface area contributed by atoms with E-state index in [-0.39, 0.29) is 17.9 Å². The SMILES string of the molecule is CN(Cc1ccco1)C(=O)[C@@H]1CCO[C@H]1c1ccnn1C. The summed E-state index contributed by atoms with van der Waals surface area (Å²) in [5.74, 6) is 0.692. The maximum atomic E-state index is 12.7. The lowest BCUT2D eigenvalue weighted by molar-refractivity contribution is -0.137. The molecule has 6 heteroatoms. The van der Waals surface area contributed by atoms with Gasteiger partial charge in [-0.1, -0.05) is 0 Å². The van der Waals surface area contributed by atoms with Gasteiger partial charge in [0.15, 0.2) is 0 Å². The van der Waals surface area contributed by atoms with Gasteiger partial charge in [0.25, 0.3) is 0 Å². The molecule has 2 aromatic heterocycles. The molecule has 21 heavy (non-hydrogen) atoms. The first-order valence-corrected chi connectivity index (χ1v) is 7.03. The van der Waals surface area contributed by atoms with E-state index >= 15 is 0 Å². The standard InChI is InChI=1S/C15H19N3O3/c1-17(10-11-4-3-8-20-11)15(19)12-6-9-21-14(12)13-5-7-16-18(13)2/h3-5,7-8,12,14H,6,9-10H2,1-2H3/t12-,14-/m1/s1. The molecule has 6 nitrogen and oxygen atoms in total. The molecule has 2 aromatic rings. The maximum Gasteiger partial charge on any atom is 0.228 e. The van der Waals surface area contributed by atoms with Crippen molar-refractivity contribution in [3.8, 4) is 0 Å². The topological polar surface area (TPSA) is 60.5 Å². The Balaban J connectivity index is 1.72. The summed E-state index contributed by atoms with van der Waals surface area (Å²) in [6.45, 7) is 1.07. The second-order valence-electron chi connectivity index (χ2n) is 5.34. The van der Waals surface area contributed by atoms with Crippen LogP contribution >= 0.6 is 0 Å². The first-order valence-electron chi connectivity index (χ1n) is 7.03. The van der Waals surface area contributed by atoms with Crippen LogP contribution in [0.15, 0.2) is 35.1 Å². The van der Waals surface area contributed by atoms with Crippen LogP contribution in [0.25, 0.3) is 0 Å². The minimum absolute atomic E-state index is 0.0788. The Morgan fingerprint density at radius 2 is 2.38 bits per heavy atom. The highest BCUT2D eigenvalue weighted by Crippen LogP contribution is 2.35. The molecule has 1 amide bonds. The van der Waals surface area contributed by atoms with Crippen molar-refractivity contribution < 1.29 is 13.9 Å². The molecular formula is C15H19N3O3. The number of aromatic nitrogens is 2. The summed E-state index contributed by atoms with van der Waals surface area (Å²) in [5.41, 5.74) is 0.942. The van der Waals surface area contributed by atoms with Crippen LogP contribution in [0.1, 0.15) is 24.0 Å². The average molecular weight is 289 g/mol. The van der Waals surface area contributed by atoms with Gasteiger partial charge in [-0.2, -0.15) is 5.10 Å². The number of amides is 1. The summed E-state index contributed by atoms with van der Waals surface area (Å²) in [7, 11) is 3.66. The van der Waals surface area contributed by atoms with E-state index in [1.54, 1.807) is 29.1 Å². The lowest BCUT2D eigenvalue weighted by Gasteiger charge is -2.23. The summed E-state index contributed by atoms with van der Waals surface area (Å²) in [6, 6.07) is 5.60. The summed E-state index contributed by atoms with van der Waals surface area (Å²) in [6.07, 6.45) is 3.86. The van der Waals surface area contributed by atoms with E-state index in [2.05, 4.69) is 5.10 Å². The largest absolute Gasteiger partial charge is 0.467 e. The fraction of sp³-hybridized carbons (Fsp3) is 0.467. The molecule has 1 saturated heterocycles. The molecule has 0 aliphatic carbocycles. The van der Waals surface area contributed by atoms with E-state index < -0.39 is 0 Å². The first kappa shape index (κ1) is 13.9.